The Labute approximate surface area is 106 Å². The van der Waals surface area contributed by atoms with Crippen molar-refractivity contribution < 1.29 is 4.52 Å². The van der Waals surface area contributed by atoms with Crippen molar-refractivity contribution in [1.29, 1.82) is 0 Å². The maximum Gasteiger partial charge on any atom is 0.223 e. The van der Waals surface area contributed by atoms with E-state index in [1.807, 2.05) is 6.07 Å². The normalized spacial score (nSPS) is 10.6. The minimum Gasteiger partial charge on any atom is -0.370 e. The number of anilines is 1. The Kier molecular flexibility index (Phi) is 4.22. The Bertz CT molecular complexity index is 497. The lowest BCUT2D eigenvalue weighted by atomic mass is 10.2. The van der Waals surface area contributed by atoms with E-state index in [2.05, 4.69) is 32.3 Å². The van der Waals surface area contributed by atoms with Crippen molar-refractivity contribution in [2.45, 2.75) is 33.1 Å². The molecule has 0 aliphatic heterocycles. The van der Waals surface area contributed by atoms with Crippen LogP contribution in [-0.2, 0) is 12.8 Å². The number of hydrogen-bond acceptors (Lipinski definition) is 6. The van der Waals surface area contributed by atoms with Gasteiger partial charge in [-0.2, -0.15) is 4.98 Å². The quantitative estimate of drug-likeness (QED) is 0.838. The van der Waals surface area contributed by atoms with Gasteiger partial charge in [-0.1, -0.05) is 18.5 Å². The van der Waals surface area contributed by atoms with Crippen LogP contribution in [0, 0.1) is 6.92 Å². The number of aromatic nitrogens is 4. The first-order valence-electron chi connectivity index (χ1n) is 6.12. The highest BCUT2D eigenvalue weighted by Gasteiger charge is 2.02. The predicted octanol–water partition coefficient (Wildman–Crippen LogP) is 1.78. The molecule has 6 nitrogen and oxygen atoms in total. The molecule has 0 amide bonds. The van der Waals surface area contributed by atoms with Crippen molar-refractivity contribution in [2.24, 2.45) is 0 Å². The fraction of sp³-hybridized carbons (Fsp3) is 0.500. The van der Waals surface area contributed by atoms with Gasteiger partial charge in [-0.05, 0) is 6.42 Å². The number of aryl methyl sites for hydroxylation is 2. The van der Waals surface area contributed by atoms with Gasteiger partial charge in [0.05, 0.1) is 0 Å². The summed E-state index contributed by atoms with van der Waals surface area (Å²) < 4.78 is 4.90. The van der Waals surface area contributed by atoms with E-state index in [9.17, 15) is 0 Å². The van der Waals surface area contributed by atoms with Crippen LogP contribution in [0.5, 0.6) is 0 Å². The van der Waals surface area contributed by atoms with Crippen LogP contribution in [0.4, 0.5) is 5.82 Å². The van der Waals surface area contributed by atoms with Gasteiger partial charge in [-0.15, -0.1) is 0 Å². The largest absolute Gasteiger partial charge is 0.370 e. The van der Waals surface area contributed by atoms with Gasteiger partial charge >= 0.3 is 0 Å². The molecule has 0 bridgehead atoms. The fourth-order valence-corrected chi connectivity index (χ4v) is 1.63. The molecule has 6 heteroatoms. The van der Waals surface area contributed by atoms with E-state index in [1.54, 1.807) is 13.3 Å². The molecule has 0 unspecified atom stereocenters. The Hall–Kier alpha value is -1.98. The summed E-state index contributed by atoms with van der Waals surface area (Å²) in [5, 5.41) is 7.06. The van der Waals surface area contributed by atoms with Crippen molar-refractivity contribution in [3.63, 3.8) is 0 Å². The van der Waals surface area contributed by atoms with Crippen molar-refractivity contribution in [3.8, 4) is 0 Å². The molecule has 2 aromatic rings. The lowest BCUT2D eigenvalue weighted by molar-refractivity contribution is 0.387. The van der Waals surface area contributed by atoms with Crippen molar-refractivity contribution in [2.75, 3.05) is 11.9 Å². The third-order valence-corrected chi connectivity index (χ3v) is 2.45. The molecule has 0 saturated carbocycles. The molecule has 0 fully saturated rings. The van der Waals surface area contributed by atoms with Crippen molar-refractivity contribution >= 4 is 5.82 Å². The van der Waals surface area contributed by atoms with Crippen LogP contribution in [0.2, 0.25) is 0 Å². The zero-order valence-corrected chi connectivity index (χ0v) is 10.7. The molecule has 0 radical (unpaired) electrons. The van der Waals surface area contributed by atoms with Gasteiger partial charge in [0.2, 0.25) is 5.89 Å². The van der Waals surface area contributed by atoms with Gasteiger partial charge in [0.25, 0.3) is 0 Å². The summed E-state index contributed by atoms with van der Waals surface area (Å²) in [6.07, 6.45) is 4.36. The van der Waals surface area contributed by atoms with Gasteiger partial charge in [0.1, 0.15) is 12.1 Å². The standard InChI is InChI=1S/C12H17N5O/c1-3-4-10-7-12(15-8-14-10)13-6-5-11-16-9(2)18-17-11/h7-8H,3-6H2,1-2H3,(H,13,14,15). The van der Waals surface area contributed by atoms with Crippen LogP contribution in [0.1, 0.15) is 30.8 Å². The fourth-order valence-electron chi connectivity index (χ4n) is 1.63. The lowest BCUT2D eigenvalue weighted by Gasteiger charge is -2.04. The van der Waals surface area contributed by atoms with E-state index < -0.39 is 0 Å². The molecule has 0 aromatic carbocycles. The second-order valence-electron chi connectivity index (χ2n) is 4.05. The Balaban J connectivity index is 1.84. The summed E-state index contributed by atoms with van der Waals surface area (Å²) in [4.78, 5) is 12.5. The molecule has 2 rings (SSSR count). The first kappa shape index (κ1) is 12.5. The van der Waals surface area contributed by atoms with Crippen LogP contribution in [0.15, 0.2) is 16.9 Å². The summed E-state index contributed by atoms with van der Waals surface area (Å²) in [5.41, 5.74) is 1.06. The Morgan fingerprint density at radius 2 is 2.17 bits per heavy atom. The third kappa shape index (κ3) is 3.51. The van der Waals surface area contributed by atoms with Crippen LogP contribution in [-0.4, -0.2) is 26.7 Å². The minimum absolute atomic E-state index is 0.595. The van der Waals surface area contributed by atoms with E-state index >= 15 is 0 Å². The van der Waals surface area contributed by atoms with E-state index in [0.717, 1.165) is 30.9 Å². The molecule has 0 aliphatic carbocycles. The van der Waals surface area contributed by atoms with Crippen LogP contribution in [0.3, 0.4) is 0 Å². The summed E-state index contributed by atoms with van der Waals surface area (Å²) >= 11 is 0. The van der Waals surface area contributed by atoms with Gasteiger partial charge in [0, 0.05) is 31.6 Å². The molecule has 2 heterocycles. The summed E-state index contributed by atoms with van der Waals surface area (Å²) in [6, 6.07) is 1.98. The van der Waals surface area contributed by atoms with Crippen molar-refractivity contribution in [3.05, 3.63) is 29.8 Å². The number of hydrogen-bond donors (Lipinski definition) is 1. The maximum atomic E-state index is 4.90. The highest BCUT2D eigenvalue weighted by atomic mass is 16.5. The molecule has 0 spiro atoms. The first-order chi connectivity index (χ1) is 8.78. The van der Waals surface area contributed by atoms with E-state index in [4.69, 9.17) is 4.52 Å². The van der Waals surface area contributed by atoms with E-state index in [-0.39, 0.29) is 0 Å². The average Bonchev–Trinajstić information content (AvgIpc) is 2.76. The molecule has 18 heavy (non-hydrogen) atoms. The molecule has 0 saturated heterocycles. The van der Waals surface area contributed by atoms with Crippen LogP contribution in [0.25, 0.3) is 0 Å². The molecular formula is C12H17N5O. The molecule has 0 atom stereocenters. The summed E-state index contributed by atoms with van der Waals surface area (Å²) in [7, 11) is 0. The third-order valence-electron chi connectivity index (χ3n) is 2.45. The lowest BCUT2D eigenvalue weighted by Crippen LogP contribution is -2.08. The van der Waals surface area contributed by atoms with Crippen LogP contribution >= 0.6 is 0 Å². The first-order valence-corrected chi connectivity index (χ1v) is 6.12. The molecule has 0 aliphatic rings. The number of nitrogens with zero attached hydrogens (tertiary/aromatic N) is 4. The van der Waals surface area contributed by atoms with Gasteiger partial charge in [0.15, 0.2) is 5.82 Å². The molecule has 1 N–H and O–H groups in total. The second kappa shape index (κ2) is 6.09. The van der Waals surface area contributed by atoms with E-state index in [1.165, 1.54) is 0 Å². The predicted molar refractivity (Wildman–Crippen MR) is 67.3 cm³/mol. The number of nitrogens with one attached hydrogen (secondary N) is 1. The topological polar surface area (TPSA) is 76.7 Å². The second-order valence-corrected chi connectivity index (χ2v) is 4.05. The van der Waals surface area contributed by atoms with Crippen LogP contribution < -0.4 is 5.32 Å². The zero-order chi connectivity index (χ0) is 12.8. The average molecular weight is 247 g/mol. The van der Waals surface area contributed by atoms with Gasteiger partial charge < -0.3 is 9.84 Å². The van der Waals surface area contributed by atoms with Crippen molar-refractivity contribution in [1.82, 2.24) is 20.1 Å². The van der Waals surface area contributed by atoms with Gasteiger partial charge in [-0.3, -0.25) is 0 Å². The maximum absolute atomic E-state index is 4.90. The molecular weight excluding hydrogens is 230 g/mol. The minimum atomic E-state index is 0.595. The molecule has 2 aromatic heterocycles. The van der Waals surface area contributed by atoms with E-state index in [0.29, 0.717) is 18.1 Å². The van der Waals surface area contributed by atoms with Gasteiger partial charge in [-0.25, -0.2) is 9.97 Å². The Morgan fingerprint density at radius 3 is 2.89 bits per heavy atom. The summed E-state index contributed by atoms with van der Waals surface area (Å²) in [6.45, 7) is 4.64. The number of rotatable bonds is 6. The Morgan fingerprint density at radius 1 is 1.28 bits per heavy atom. The zero-order valence-electron chi connectivity index (χ0n) is 10.7. The highest BCUT2D eigenvalue weighted by Crippen LogP contribution is 2.06. The summed E-state index contributed by atoms with van der Waals surface area (Å²) in [5.74, 6) is 2.15. The SMILES string of the molecule is CCCc1cc(NCCc2noc(C)n2)ncn1. The highest BCUT2D eigenvalue weighted by molar-refractivity contribution is 5.34. The smallest absolute Gasteiger partial charge is 0.223 e. The monoisotopic (exact) mass is 247 g/mol. The molecule has 96 valence electrons.